The second-order valence-electron chi connectivity index (χ2n) is 2.71. The molecule has 1 aromatic carbocycles. The molecule has 0 fully saturated rings. The van der Waals surface area contributed by atoms with Crippen LogP contribution in [0.25, 0.3) is 0 Å². The molecule has 4 nitrogen and oxygen atoms in total. The highest BCUT2D eigenvalue weighted by atomic mass is 32.3. The van der Waals surface area contributed by atoms with Gasteiger partial charge in [-0.3, -0.25) is 0 Å². The van der Waals surface area contributed by atoms with Gasteiger partial charge < -0.3 is 5.11 Å². The predicted octanol–water partition coefficient (Wildman–Crippen LogP) is 1.63. The Morgan fingerprint density at radius 3 is 2.38 bits per heavy atom. The van der Waals surface area contributed by atoms with Crippen molar-refractivity contribution in [2.45, 2.75) is 10.2 Å². The second kappa shape index (κ2) is 5.09. The van der Waals surface area contributed by atoms with Crippen LogP contribution in [0.4, 0.5) is 8.78 Å². The van der Waals surface area contributed by atoms with E-state index < -0.39 is 22.0 Å². The van der Waals surface area contributed by atoms with Crippen LogP contribution in [0.5, 0.6) is 0 Å². The Hall–Kier alpha value is -0.700. The average molecular weight is 270 g/mol. The van der Waals surface area contributed by atoms with Crippen LogP contribution < -0.4 is 0 Å². The zero-order valence-corrected chi connectivity index (χ0v) is 9.47. The first-order chi connectivity index (χ1) is 7.39. The highest BCUT2D eigenvalue weighted by Gasteiger charge is 2.46. The number of hydrogen-bond donors (Lipinski definition) is 1. The van der Waals surface area contributed by atoms with Crippen LogP contribution in [-0.4, -0.2) is 25.4 Å². The van der Waals surface area contributed by atoms with Gasteiger partial charge in [-0.15, -0.1) is 0 Å². The molecule has 0 atom stereocenters. The quantitative estimate of drug-likeness (QED) is 0.824. The van der Waals surface area contributed by atoms with Gasteiger partial charge in [0.1, 0.15) is 6.61 Å². The van der Waals surface area contributed by atoms with Gasteiger partial charge in [0.05, 0.1) is 0 Å². The molecule has 0 heterocycles. The average Bonchev–Trinajstić information content (AvgIpc) is 2.27. The van der Waals surface area contributed by atoms with Crippen LogP contribution in [0, 0.1) is 0 Å². The Bertz CT molecular complexity index is 433. The van der Waals surface area contributed by atoms with E-state index >= 15 is 0 Å². The Labute approximate surface area is 95.6 Å². The Morgan fingerprint density at radius 1 is 1.31 bits per heavy atom. The molecular weight excluding hydrogens is 262 g/mol. The molecule has 0 unspecified atom stereocenters. The van der Waals surface area contributed by atoms with Crippen LogP contribution in [-0.2, 0) is 13.7 Å². The second-order valence-corrected chi connectivity index (χ2v) is 5.40. The lowest BCUT2D eigenvalue weighted by Gasteiger charge is -2.12. The minimum Gasteiger partial charge on any atom is -0.389 e. The van der Waals surface area contributed by atoms with E-state index in [4.69, 9.17) is 5.11 Å². The van der Waals surface area contributed by atoms with Crippen LogP contribution >= 0.6 is 12.0 Å². The predicted molar refractivity (Wildman–Crippen MR) is 54.3 cm³/mol. The molecule has 0 saturated carbocycles. The van der Waals surface area contributed by atoms with E-state index in [1.54, 1.807) is 18.2 Å². The highest BCUT2D eigenvalue weighted by Crippen LogP contribution is 2.29. The zero-order valence-electron chi connectivity index (χ0n) is 7.84. The summed E-state index contributed by atoms with van der Waals surface area (Å²) < 4.78 is 51.2. The minimum atomic E-state index is -5.13. The number of halogens is 2. The fraction of sp³-hybridized carbons (Fsp3) is 0.250. The molecule has 0 amide bonds. The van der Waals surface area contributed by atoms with E-state index in [0.29, 0.717) is 16.9 Å². The van der Waals surface area contributed by atoms with Gasteiger partial charge in [0.25, 0.3) is 0 Å². The van der Waals surface area contributed by atoms with Crippen molar-refractivity contribution in [3.05, 3.63) is 30.3 Å². The number of alkyl halides is 2. The summed E-state index contributed by atoms with van der Waals surface area (Å²) in [6.45, 7) is -1.81. The standard InChI is InChI=1S/C8H8F2O4S2/c9-8(10,6-11)16(12,13)14-15-7-4-2-1-3-5-7/h1-5,11H,6H2. The zero-order chi connectivity index (χ0) is 12.2. The first-order valence-electron chi connectivity index (χ1n) is 4.03. The monoisotopic (exact) mass is 270 g/mol. The molecule has 0 aliphatic heterocycles. The Kier molecular flexibility index (Phi) is 4.25. The molecule has 0 aliphatic carbocycles. The summed E-state index contributed by atoms with van der Waals surface area (Å²) in [6.07, 6.45) is 0. The third kappa shape index (κ3) is 3.14. The third-order valence-electron chi connectivity index (χ3n) is 1.51. The summed E-state index contributed by atoms with van der Waals surface area (Å²) >= 11 is 0.291. The number of aliphatic hydroxyl groups is 1. The van der Waals surface area contributed by atoms with Crippen molar-refractivity contribution in [1.82, 2.24) is 0 Å². The van der Waals surface area contributed by atoms with E-state index in [0.717, 1.165) is 0 Å². The number of rotatable bonds is 5. The van der Waals surface area contributed by atoms with E-state index in [1.807, 2.05) is 0 Å². The summed E-state index contributed by atoms with van der Waals surface area (Å²) in [5.41, 5.74) is 0. The van der Waals surface area contributed by atoms with Gasteiger partial charge in [-0.2, -0.15) is 20.8 Å². The highest BCUT2D eigenvalue weighted by molar-refractivity contribution is 8.04. The lowest BCUT2D eigenvalue weighted by molar-refractivity contribution is 0.0204. The lowest BCUT2D eigenvalue weighted by atomic mass is 10.4. The van der Waals surface area contributed by atoms with Crippen molar-refractivity contribution < 1.29 is 25.9 Å². The SMILES string of the molecule is O=S(=O)(OSc1ccccc1)C(F)(F)CO. The smallest absolute Gasteiger partial charge is 0.389 e. The summed E-state index contributed by atoms with van der Waals surface area (Å²) in [5, 5.41) is 3.91. The molecule has 0 aliphatic rings. The molecule has 1 aromatic rings. The fourth-order valence-electron chi connectivity index (χ4n) is 0.689. The van der Waals surface area contributed by atoms with Gasteiger partial charge in [0.2, 0.25) is 0 Å². The Morgan fingerprint density at radius 2 is 1.88 bits per heavy atom. The fourth-order valence-corrected chi connectivity index (χ4v) is 2.19. The molecule has 0 radical (unpaired) electrons. The molecule has 0 spiro atoms. The van der Waals surface area contributed by atoms with E-state index in [-0.39, 0.29) is 0 Å². The first kappa shape index (κ1) is 13.4. The molecule has 1 rings (SSSR count). The van der Waals surface area contributed by atoms with Crippen molar-refractivity contribution in [2.24, 2.45) is 0 Å². The molecule has 90 valence electrons. The summed E-state index contributed by atoms with van der Waals surface area (Å²) in [5.74, 6) is 0. The van der Waals surface area contributed by atoms with E-state index in [1.165, 1.54) is 12.1 Å². The van der Waals surface area contributed by atoms with Gasteiger partial charge >= 0.3 is 15.4 Å². The van der Waals surface area contributed by atoms with Crippen molar-refractivity contribution >= 4 is 22.2 Å². The maximum Gasteiger partial charge on any atom is 0.393 e. The molecule has 8 heteroatoms. The van der Waals surface area contributed by atoms with Crippen LogP contribution in [0.15, 0.2) is 35.2 Å². The van der Waals surface area contributed by atoms with Crippen LogP contribution in [0.1, 0.15) is 0 Å². The summed E-state index contributed by atoms with van der Waals surface area (Å²) in [7, 11) is -5.13. The van der Waals surface area contributed by atoms with Crippen molar-refractivity contribution in [1.29, 1.82) is 0 Å². The maximum atomic E-state index is 12.7. The van der Waals surface area contributed by atoms with Crippen LogP contribution in [0.3, 0.4) is 0 Å². The van der Waals surface area contributed by atoms with Crippen molar-refractivity contribution in [2.75, 3.05) is 6.61 Å². The first-order valence-corrected chi connectivity index (χ1v) is 6.18. The largest absolute Gasteiger partial charge is 0.393 e. The maximum absolute atomic E-state index is 12.7. The summed E-state index contributed by atoms with van der Waals surface area (Å²) in [6, 6.07) is 7.88. The molecule has 16 heavy (non-hydrogen) atoms. The van der Waals surface area contributed by atoms with E-state index in [2.05, 4.69) is 3.63 Å². The van der Waals surface area contributed by atoms with Crippen molar-refractivity contribution in [3.63, 3.8) is 0 Å². The van der Waals surface area contributed by atoms with Gasteiger partial charge in [-0.05, 0) is 12.1 Å². The number of hydrogen-bond acceptors (Lipinski definition) is 5. The number of benzene rings is 1. The molecular formula is C8H8F2O4S2. The topological polar surface area (TPSA) is 63.6 Å². The van der Waals surface area contributed by atoms with Gasteiger partial charge in [0.15, 0.2) is 0 Å². The molecule has 1 N–H and O–H groups in total. The summed E-state index contributed by atoms with van der Waals surface area (Å²) in [4.78, 5) is 0.361. The third-order valence-corrected chi connectivity index (χ3v) is 3.83. The molecule has 0 saturated heterocycles. The Balaban J connectivity index is 2.69. The molecule has 0 bridgehead atoms. The lowest BCUT2D eigenvalue weighted by Crippen LogP contribution is -2.33. The minimum absolute atomic E-state index is 0.291. The number of aliphatic hydroxyl groups excluding tert-OH is 1. The van der Waals surface area contributed by atoms with Gasteiger partial charge in [0, 0.05) is 16.9 Å². The van der Waals surface area contributed by atoms with Crippen LogP contribution in [0.2, 0.25) is 0 Å². The molecule has 0 aromatic heterocycles. The normalized spacial score (nSPS) is 12.7. The van der Waals surface area contributed by atoms with E-state index in [9.17, 15) is 17.2 Å². The van der Waals surface area contributed by atoms with Gasteiger partial charge in [-0.1, -0.05) is 18.2 Å². The van der Waals surface area contributed by atoms with Gasteiger partial charge in [-0.25, -0.2) is 0 Å². The van der Waals surface area contributed by atoms with Crippen molar-refractivity contribution in [3.8, 4) is 0 Å².